The van der Waals surface area contributed by atoms with E-state index in [0.717, 1.165) is 23.4 Å². The lowest BCUT2D eigenvalue weighted by Crippen LogP contribution is -2.27. The molecule has 0 radical (unpaired) electrons. The van der Waals surface area contributed by atoms with Crippen LogP contribution in [0.25, 0.3) is 16.9 Å². The number of hydrogen-bond donors (Lipinski definition) is 1. The molecule has 3 rings (SSSR count). The second-order valence-electron chi connectivity index (χ2n) is 6.13. The Kier molecular flexibility index (Phi) is 6.68. The van der Waals surface area contributed by atoms with Crippen LogP contribution in [0.2, 0.25) is 5.02 Å². The van der Waals surface area contributed by atoms with Gasteiger partial charge in [0.15, 0.2) is 0 Å². The number of carbonyl (C=O) groups excluding carboxylic acids is 1. The van der Waals surface area contributed by atoms with E-state index >= 15 is 0 Å². The molecule has 3 aromatic rings. The molecule has 0 fully saturated rings. The van der Waals surface area contributed by atoms with E-state index in [2.05, 4.69) is 10.4 Å². The molecule has 2 aromatic carbocycles. The molecule has 1 heterocycles. The first-order valence-electron chi connectivity index (χ1n) is 8.90. The van der Waals surface area contributed by atoms with Crippen LogP contribution in [0.15, 0.2) is 54.6 Å². The third-order valence-electron chi connectivity index (χ3n) is 4.21. The number of rotatable bonds is 8. The van der Waals surface area contributed by atoms with Gasteiger partial charge in [0, 0.05) is 30.8 Å². The summed E-state index contributed by atoms with van der Waals surface area (Å²) in [4.78, 5) is 12.8. The van der Waals surface area contributed by atoms with Crippen LogP contribution in [0.5, 0.6) is 5.75 Å². The highest BCUT2D eigenvalue weighted by Gasteiger charge is 2.17. The van der Waals surface area contributed by atoms with E-state index in [4.69, 9.17) is 21.1 Å². The van der Waals surface area contributed by atoms with Gasteiger partial charge in [-0.15, -0.1) is 0 Å². The zero-order valence-corrected chi connectivity index (χ0v) is 16.6. The van der Waals surface area contributed by atoms with Gasteiger partial charge in [0.25, 0.3) is 5.91 Å². The minimum absolute atomic E-state index is 0.196. The molecule has 1 amide bonds. The van der Waals surface area contributed by atoms with Crippen molar-refractivity contribution in [3.05, 3.63) is 65.3 Å². The van der Waals surface area contributed by atoms with Crippen LogP contribution >= 0.6 is 11.6 Å². The topological polar surface area (TPSA) is 65.4 Å². The molecule has 7 heteroatoms. The summed E-state index contributed by atoms with van der Waals surface area (Å²) in [7, 11) is 3.26. The number of hydrogen-bond acceptors (Lipinski definition) is 4. The van der Waals surface area contributed by atoms with Gasteiger partial charge in [0.05, 0.1) is 18.5 Å². The molecule has 1 aromatic heterocycles. The van der Waals surface area contributed by atoms with Crippen LogP contribution in [-0.4, -0.2) is 43.1 Å². The molecule has 28 heavy (non-hydrogen) atoms. The SMILES string of the molecule is COCCCNC(=O)c1cc(-c2ccc(OC)cc2)nn1-c1ccc(Cl)cc1. The summed E-state index contributed by atoms with van der Waals surface area (Å²) in [6, 6.07) is 16.5. The Labute approximate surface area is 169 Å². The second kappa shape index (κ2) is 9.39. The van der Waals surface area contributed by atoms with Crippen LogP contribution in [0.4, 0.5) is 0 Å². The maximum atomic E-state index is 12.8. The van der Waals surface area contributed by atoms with E-state index in [1.807, 2.05) is 36.4 Å². The Morgan fingerprint density at radius 1 is 1.11 bits per heavy atom. The lowest BCUT2D eigenvalue weighted by Gasteiger charge is -2.08. The first kappa shape index (κ1) is 19.9. The fourth-order valence-corrected chi connectivity index (χ4v) is 2.86. The average Bonchev–Trinajstić information content (AvgIpc) is 3.17. The Morgan fingerprint density at radius 2 is 1.82 bits per heavy atom. The van der Waals surface area contributed by atoms with Crippen molar-refractivity contribution in [2.45, 2.75) is 6.42 Å². The van der Waals surface area contributed by atoms with E-state index in [-0.39, 0.29) is 5.91 Å². The van der Waals surface area contributed by atoms with Crippen molar-refractivity contribution >= 4 is 17.5 Å². The molecule has 0 bridgehead atoms. The summed E-state index contributed by atoms with van der Waals surface area (Å²) < 4.78 is 11.9. The van der Waals surface area contributed by atoms with Crippen LogP contribution in [-0.2, 0) is 4.74 Å². The molecule has 0 aliphatic rings. The van der Waals surface area contributed by atoms with Gasteiger partial charge >= 0.3 is 0 Å². The highest BCUT2D eigenvalue weighted by molar-refractivity contribution is 6.30. The third kappa shape index (κ3) is 4.71. The number of nitrogens with zero attached hydrogens (tertiary/aromatic N) is 2. The highest BCUT2D eigenvalue weighted by Crippen LogP contribution is 2.24. The number of benzene rings is 2. The largest absolute Gasteiger partial charge is 0.497 e. The summed E-state index contributed by atoms with van der Waals surface area (Å²) >= 11 is 6.00. The monoisotopic (exact) mass is 399 g/mol. The summed E-state index contributed by atoms with van der Waals surface area (Å²) in [5, 5.41) is 8.18. The van der Waals surface area contributed by atoms with Crippen molar-refractivity contribution in [2.24, 2.45) is 0 Å². The molecule has 0 atom stereocenters. The van der Waals surface area contributed by atoms with Gasteiger partial charge in [0.2, 0.25) is 0 Å². The van der Waals surface area contributed by atoms with Crippen molar-refractivity contribution in [1.29, 1.82) is 0 Å². The summed E-state index contributed by atoms with van der Waals surface area (Å²) in [6.07, 6.45) is 0.739. The zero-order valence-electron chi connectivity index (χ0n) is 15.8. The molecule has 0 saturated heterocycles. The van der Waals surface area contributed by atoms with Crippen LogP contribution in [0.1, 0.15) is 16.9 Å². The van der Waals surface area contributed by atoms with Gasteiger partial charge in [-0.1, -0.05) is 11.6 Å². The average molecular weight is 400 g/mol. The fraction of sp³-hybridized carbons (Fsp3) is 0.238. The van der Waals surface area contributed by atoms with Crippen molar-refractivity contribution in [1.82, 2.24) is 15.1 Å². The summed E-state index contributed by atoms with van der Waals surface area (Å²) in [5.41, 5.74) is 2.79. The van der Waals surface area contributed by atoms with Crippen LogP contribution in [0.3, 0.4) is 0 Å². The van der Waals surface area contributed by atoms with Gasteiger partial charge in [0.1, 0.15) is 11.4 Å². The standard InChI is InChI=1S/C21H22ClN3O3/c1-27-13-3-12-23-21(26)20-14-19(15-4-10-18(28-2)11-5-15)24-25(20)17-8-6-16(22)7-9-17/h4-11,14H,3,12-13H2,1-2H3,(H,23,26). The predicted molar refractivity (Wildman–Crippen MR) is 109 cm³/mol. The maximum Gasteiger partial charge on any atom is 0.270 e. The van der Waals surface area contributed by atoms with E-state index in [1.54, 1.807) is 37.1 Å². The van der Waals surface area contributed by atoms with E-state index in [0.29, 0.717) is 29.6 Å². The minimum atomic E-state index is -0.196. The van der Waals surface area contributed by atoms with E-state index in [9.17, 15) is 4.79 Å². The molecular weight excluding hydrogens is 378 g/mol. The summed E-state index contributed by atoms with van der Waals surface area (Å²) in [6.45, 7) is 1.12. The predicted octanol–water partition coefficient (Wildman–Crippen LogP) is 3.97. The number of nitrogens with one attached hydrogen (secondary N) is 1. The van der Waals surface area contributed by atoms with Crippen molar-refractivity contribution in [3.8, 4) is 22.7 Å². The number of halogens is 1. The first-order chi connectivity index (χ1) is 13.6. The molecule has 0 aliphatic carbocycles. The first-order valence-corrected chi connectivity index (χ1v) is 9.27. The van der Waals surface area contributed by atoms with Gasteiger partial charge in [-0.05, 0) is 61.0 Å². The normalized spacial score (nSPS) is 10.7. The Morgan fingerprint density at radius 3 is 2.46 bits per heavy atom. The molecular formula is C21H22ClN3O3. The molecule has 146 valence electrons. The molecule has 6 nitrogen and oxygen atoms in total. The Bertz CT molecular complexity index is 921. The quantitative estimate of drug-likeness (QED) is 0.582. The number of amides is 1. The van der Waals surface area contributed by atoms with Crippen molar-refractivity contribution in [2.75, 3.05) is 27.4 Å². The number of methoxy groups -OCH3 is 2. The van der Waals surface area contributed by atoms with Crippen LogP contribution in [0, 0.1) is 0 Å². The maximum absolute atomic E-state index is 12.8. The van der Waals surface area contributed by atoms with Gasteiger partial charge in [-0.3, -0.25) is 4.79 Å². The van der Waals surface area contributed by atoms with Gasteiger partial charge in [-0.2, -0.15) is 5.10 Å². The zero-order chi connectivity index (χ0) is 19.9. The third-order valence-corrected chi connectivity index (χ3v) is 4.46. The second-order valence-corrected chi connectivity index (χ2v) is 6.57. The van der Waals surface area contributed by atoms with Gasteiger partial charge < -0.3 is 14.8 Å². The number of ether oxygens (including phenoxy) is 2. The Hall–Kier alpha value is -2.83. The molecule has 1 N–H and O–H groups in total. The lowest BCUT2D eigenvalue weighted by atomic mass is 10.1. The minimum Gasteiger partial charge on any atom is -0.497 e. The van der Waals surface area contributed by atoms with Crippen molar-refractivity contribution in [3.63, 3.8) is 0 Å². The van der Waals surface area contributed by atoms with Crippen molar-refractivity contribution < 1.29 is 14.3 Å². The highest BCUT2D eigenvalue weighted by atomic mass is 35.5. The molecule has 0 aliphatic heterocycles. The van der Waals surface area contributed by atoms with Crippen LogP contribution < -0.4 is 10.1 Å². The van der Waals surface area contributed by atoms with Gasteiger partial charge in [-0.25, -0.2) is 4.68 Å². The summed E-state index contributed by atoms with van der Waals surface area (Å²) in [5.74, 6) is 0.565. The van der Waals surface area contributed by atoms with E-state index in [1.165, 1.54) is 0 Å². The molecule has 0 spiro atoms. The van der Waals surface area contributed by atoms with E-state index < -0.39 is 0 Å². The Balaban J connectivity index is 1.94. The number of aromatic nitrogens is 2. The molecule has 0 unspecified atom stereocenters. The smallest absolute Gasteiger partial charge is 0.270 e. The number of carbonyl (C=O) groups is 1. The molecule has 0 saturated carbocycles. The lowest BCUT2D eigenvalue weighted by molar-refractivity contribution is 0.0941. The fourth-order valence-electron chi connectivity index (χ4n) is 2.73.